The molecule has 1 rings (SSSR count). The highest BCUT2D eigenvalue weighted by Crippen LogP contribution is 2.08. The van der Waals surface area contributed by atoms with E-state index in [2.05, 4.69) is 10.1 Å². The molecule has 0 bridgehead atoms. The lowest BCUT2D eigenvalue weighted by atomic mass is 10.2. The molecule has 0 spiro atoms. The highest BCUT2D eigenvalue weighted by Gasteiger charge is 1.98. The number of rotatable bonds is 1. The van der Waals surface area contributed by atoms with Crippen molar-refractivity contribution < 1.29 is 5.21 Å². The third kappa shape index (κ3) is 1.03. The summed E-state index contributed by atoms with van der Waals surface area (Å²) in [5.41, 5.74) is 3.16. The molecule has 0 unspecified atom stereocenters. The molecule has 1 aromatic heterocycles. The van der Waals surface area contributed by atoms with E-state index in [9.17, 15) is 0 Å². The molecule has 0 radical (unpaired) electrons. The minimum absolute atomic E-state index is 0.861. The Bertz CT molecular complexity index is 250. The first-order valence-electron chi connectivity index (χ1n) is 3.07. The first kappa shape index (κ1) is 6.86. The standard InChI is InChI=1S/C7H10N2O/c1-5-3-8-7(4-9-10)6(5)2/h3-4,8,10H,1-2H3. The van der Waals surface area contributed by atoms with Gasteiger partial charge in [0.15, 0.2) is 0 Å². The van der Waals surface area contributed by atoms with Crippen LogP contribution in [0.3, 0.4) is 0 Å². The van der Waals surface area contributed by atoms with Gasteiger partial charge in [-0.05, 0) is 25.0 Å². The van der Waals surface area contributed by atoms with Crippen LogP contribution in [-0.4, -0.2) is 16.4 Å². The molecule has 0 aliphatic heterocycles. The molecule has 10 heavy (non-hydrogen) atoms. The van der Waals surface area contributed by atoms with Gasteiger partial charge in [0, 0.05) is 6.20 Å². The third-order valence-electron chi connectivity index (χ3n) is 1.63. The van der Waals surface area contributed by atoms with Crippen molar-refractivity contribution in [1.82, 2.24) is 4.98 Å². The van der Waals surface area contributed by atoms with Crippen molar-refractivity contribution in [3.63, 3.8) is 0 Å². The second-order valence-corrected chi connectivity index (χ2v) is 2.25. The zero-order chi connectivity index (χ0) is 7.56. The van der Waals surface area contributed by atoms with Crippen LogP contribution in [0.5, 0.6) is 0 Å². The molecular weight excluding hydrogens is 128 g/mol. The van der Waals surface area contributed by atoms with E-state index in [4.69, 9.17) is 5.21 Å². The first-order valence-corrected chi connectivity index (χ1v) is 3.07. The van der Waals surface area contributed by atoms with Crippen LogP contribution >= 0.6 is 0 Å². The lowest BCUT2D eigenvalue weighted by molar-refractivity contribution is 0.321. The second-order valence-electron chi connectivity index (χ2n) is 2.25. The van der Waals surface area contributed by atoms with Gasteiger partial charge in [0.05, 0.1) is 11.9 Å². The maximum Gasteiger partial charge on any atom is 0.0899 e. The van der Waals surface area contributed by atoms with Crippen molar-refractivity contribution in [2.24, 2.45) is 5.16 Å². The molecule has 0 amide bonds. The largest absolute Gasteiger partial charge is 0.411 e. The Morgan fingerprint density at radius 2 is 2.30 bits per heavy atom. The van der Waals surface area contributed by atoms with Gasteiger partial charge in [0.1, 0.15) is 0 Å². The van der Waals surface area contributed by atoms with Crippen molar-refractivity contribution in [2.75, 3.05) is 0 Å². The quantitative estimate of drug-likeness (QED) is 0.344. The number of aromatic amines is 1. The molecule has 3 nitrogen and oxygen atoms in total. The van der Waals surface area contributed by atoms with Crippen LogP contribution in [0.15, 0.2) is 11.4 Å². The molecule has 0 atom stereocenters. The lowest BCUT2D eigenvalue weighted by Gasteiger charge is -1.88. The number of hydrogen-bond acceptors (Lipinski definition) is 2. The van der Waals surface area contributed by atoms with E-state index in [1.807, 2.05) is 20.0 Å². The monoisotopic (exact) mass is 138 g/mol. The minimum atomic E-state index is 0.861. The number of aryl methyl sites for hydroxylation is 1. The van der Waals surface area contributed by atoms with Crippen LogP contribution < -0.4 is 0 Å². The lowest BCUT2D eigenvalue weighted by Crippen LogP contribution is -1.83. The van der Waals surface area contributed by atoms with Gasteiger partial charge in [-0.1, -0.05) is 5.16 Å². The van der Waals surface area contributed by atoms with Crippen LogP contribution in [0.25, 0.3) is 0 Å². The van der Waals surface area contributed by atoms with E-state index >= 15 is 0 Å². The maximum atomic E-state index is 8.20. The zero-order valence-electron chi connectivity index (χ0n) is 6.05. The van der Waals surface area contributed by atoms with Crippen molar-refractivity contribution in [1.29, 1.82) is 0 Å². The molecule has 2 N–H and O–H groups in total. The predicted octanol–water partition coefficient (Wildman–Crippen LogP) is 1.44. The number of hydrogen-bond donors (Lipinski definition) is 2. The number of aromatic nitrogens is 1. The van der Waals surface area contributed by atoms with Crippen molar-refractivity contribution in [3.8, 4) is 0 Å². The highest BCUT2D eigenvalue weighted by molar-refractivity contribution is 5.79. The number of oxime groups is 1. The summed E-state index contributed by atoms with van der Waals surface area (Å²) in [7, 11) is 0. The molecule has 0 aliphatic carbocycles. The summed E-state index contributed by atoms with van der Waals surface area (Å²) >= 11 is 0. The molecule has 3 heteroatoms. The Kier molecular flexibility index (Phi) is 1.76. The SMILES string of the molecule is Cc1c[nH]c(C=NO)c1C. The zero-order valence-corrected chi connectivity index (χ0v) is 6.05. The fourth-order valence-electron chi connectivity index (χ4n) is 0.807. The highest BCUT2D eigenvalue weighted by atomic mass is 16.4. The average Bonchev–Trinajstić information content (AvgIpc) is 2.20. The van der Waals surface area contributed by atoms with Crippen molar-refractivity contribution in [2.45, 2.75) is 13.8 Å². The molecule has 0 aromatic carbocycles. The first-order chi connectivity index (χ1) is 4.75. The molecule has 0 aliphatic rings. The fraction of sp³-hybridized carbons (Fsp3) is 0.286. The Morgan fingerprint density at radius 1 is 1.60 bits per heavy atom. The van der Waals surface area contributed by atoms with E-state index in [1.54, 1.807) is 0 Å². The molecule has 0 saturated carbocycles. The Balaban J connectivity index is 3.05. The van der Waals surface area contributed by atoms with Gasteiger partial charge in [-0.2, -0.15) is 0 Å². The van der Waals surface area contributed by atoms with Gasteiger partial charge in [-0.15, -0.1) is 0 Å². The molecular formula is C7H10N2O. The van der Waals surface area contributed by atoms with E-state index in [-0.39, 0.29) is 0 Å². The van der Waals surface area contributed by atoms with E-state index in [0.29, 0.717) is 0 Å². The van der Waals surface area contributed by atoms with Crippen molar-refractivity contribution in [3.05, 3.63) is 23.0 Å². The smallest absolute Gasteiger partial charge is 0.0899 e. The van der Waals surface area contributed by atoms with Crippen LogP contribution in [0.2, 0.25) is 0 Å². The number of H-pyrrole nitrogens is 1. The third-order valence-corrected chi connectivity index (χ3v) is 1.63. The van der Waals surface area contributed by atoms with Crippen LogP contribution in [0.4, 0.5) is 0 Å². The summed E-state index contributed by atoms with van der Waals surface area (Å²) in [5, 5.41) is 11.1. The van der Waals surface area contributed by atoms with Gasteiger partial charge < -0.3 is 10.2 Å². The maximum absolute atomic E-state index is 8.20. The predicted molar refractivity (Wildman–Crippen MR) is 39.6 cm³/mol. The van der Waals surface area contributed by atoms with Gasteiger partial charge in [-0.25, -0.2) is 0 Å². The summed E-state index contributed by atoms with van der Waals surface area (Å²) in [4.78, 5) is 2.97. The number of nitrogens with one attached hydrogen (secondary N) is 1. The Hall–Kier alpha value is -1.25. The van der Waals surface area contributed by atoms with E-state index in [0.717, 1.165) is 11.3 Å². The summed E-state index contributed by atoms with van der Waals surface area (Å²) in [5.74, 6) is 0. The topological polar surface area (TPSA) is 48.4 Å². The summed E-state index contributed by atoms with van der Waals surface area (Å²) in [6.45, 7) is 3.98. The Morgan fingerprint density at radius 3 is 2.70 bits per heavy atom. The van der Waals surface area contributed by atoms with Gasteiger partial charge in [0.2, 0.25) is 0 Å². The van der Waals surface area contributed by atoms with E-state index in [1.165, 1.54) is 11.8 Å². The van der Waals surface area contributed by atoms with Gasteiger partial charge >= 0.3 is 0 Å². The molecule has 1 aromatic rings. The summed E-state index contributed by atoms with van der Waals surface area (Å²) < 4.78 is 0. The van der Waals surface area contributed by atoms with Crippen LogP contribution in [-0.2, 0) is 0 Å². The summed E-state index contributed by atoms with van der Waals surface area (Å²) in [6, 6.07) is 0. The van der Waals surface area contributed by atoms with Crippen molar-refractivity contribution >= 4 is 6.21 Å². The van der Waals surface area contributed by atoms with Gasteiger partial charge in [0.25, 0.3) is 0 Å². The number of nitrogens with zero attached hydrogens (tertiary/aromatic N) is 1. The fourth-order valence-corrected chi connectivity index (χ4v) is 0.807. The van der Waals surface area contributed by atoms with Crippen LogP contribution in [0, 0.1) is 13.8 Å². The van der Waals surface area contributed by atoms with Crippen LogP contribution in [0.1, 0.15) is 16.8 Å². The van der Waals surface area contributed by atoms with E-state index < -0.39 is 0 Å². The second kappa shape index (κ2) is 2.56. The molecule has 1 heterocycles. The van der Waals surface area contributed by atoms with Gasteiger partial charge in [-0.3, -0.25) is 0 Å². The molecule has 54 valence electrons. The normalized spacial score (nSPS) is 11.0. The average molecular weight is 138 g/mol. The molecule has 0 saturated heterocycles. The summed E-state index contributed by atoms with van der Waals surface area (Å²) in [6.07, 6.45) is 3.27. The Labute approximate surface area is 59.4 Å². The minimum Gasteiger partial charge on any atom is -0.411 e. The molecule has 0 fully saturated rings.